The highest BCUT2D eigenvalue weighted by molar-refractivity contribution is 6.35. The van der Waals surface area contributed by atoms with E-state index >= 15 is 0 Å². The number of Topliss-reactive ketones (excluding diaryl/α,β-unsaturated/α-hetero) is 1. The number of carbonyl (C=O) groups excluding carboxylic acids is 2. The van der Waals surface area contributed by atoms with Crippen LogP contribution in [0.25, 0.3) is 0 Å². The predicted octanol–water partition coefficient (Wildman–Crippen LogP) is 6.56. The van der Waals surface area contributed by atoms with Crippen molar-refractivity contribution in [1.29, 1.82) is 0 Å². The lowest BCUT2D eigenvalue weighted by Gasteiger charge is -2.29. The van der Waals surface area contributed by atoms with Crippen molar-refractivity contribution in [3.63, 3.8) is 0 Å². The van der Waals surface area contributed by atoms with Crippen LogP contribution in [-0.2, 0) is 20.0 Å². The average molecular weight is 522 g/mol. The number of ketones is 1. The lowest BCUT2D eigenvalue weighted by Crippen LogP contribution is -2.42. The number of hydrogen-bond acceptors (Lipinski definition) is 4. The van der Waals surface area contributed by atoms with Crippen molar-refractivity contribution in [2.24, 2.45) is 5.16 Å². The molecule has 5 nitrogen and oxygen atoms in total. The molecular formula is C22H18Cl3F3N2O3. The van der Waals surface area contributed by atoms with Crippen LogP contribution in [0.15, 0.2) is 41.6 Å². The van der Waals surface area contributed by atoms with Crippen LogP contribution in [0.4, 0.5) is 18.9 Å². The Balaban J connectivity index is 2.02. The summed E-state index contributed by atoms with van der Waals surface area (Å²) in [6.45, 7) is 2.70. The van der Waals surface area contributed by atoms with Gasteiger partial charge in [-0.25, -0.2) is 0 Å². The van der Waals surface area contributed by atoms with Crippen LogP contribution in [0, 0.1) is 0 Å². The fourth-order valence-corrected chi connectivity index (χ4v) is 4.14. The standard InChI is InChI=1S/C22H18Cl3F3N2O3/c1-3-17(32)11-30(12(2)31)20-6-13(4-5-18(20)25)19-10-21(33-29-19,22(26,27)28)14-7-15(23)9-16(24)8-14/h4-9H,3,10-11H2,1-2H3. The average Bonchev–Trinajstić information content (AvgIpc) is 3.18. The van der Waals surface area contributed by atoms with Crippen molar-refractivity contribution in [2.45, 2.75) is 38.5 Å². The zero-order chi connectivity index (χ0) is 24.6. The van der Waals surface area contributed by atoms with E-state index in [9.17, 15) is 22.8 Å². The van der Waals surface area contributed by atoms with Gasteiger partial charge in [-0.15, -0.1) is 0 Å². The Bertz CT molecular complexity index is 1120. The third-order valence-electron chi connectivity index (χ3n) is 5.19. The predicted molar refractivity (Wildman–Crippen MR) is 121 cm³/mol. The molecule has 0 aliphatic carbocycles. The molecule has 176 valence electrons. The van der Waals surface area contributed by atoms with Gasteiger partial charge in [-0.05, 0) is 30.3 Å². The van der Waals surface area contributed by atoms with E-state index in [1.165, 1.54) is 36.1 Å². The van der Waals surface area contributed by atoms with E-state index in [4.69, 9.17) is 39.6 Å². The molecule has 2 aromatic rings. The summed E-state index contributed by atoms with van der Waals surface area (Å²) in [5.74, 6) is -0.652. The van der Waals surface area contributed by atoms with Crippen molar-refractivity contribution in [3.8, 4) is 0 Å². The molecule has 0 saturated carbocycles. The number of rotatable bonds is 6. The van der Waals surface area contributed by atoms with E-state index in [1.807, 2.05) is 0 Å². The molecule has 33 heavy (non-hydrogen) atoms. The number of hydrogen-bond donors (Lipinski definition) is 0. The number of nitrogens with zero attached hydrogens (tertiary/aromatic N) is 2. The van der Waals surface area contributed by atoms with Crippen LogP contribution in [0.3, 0.4) is 0 Å². The maximum atomic E-state index is 14.2. The van der Waals surface area contributed by atoms with Gasteiger partial charge in [0.2, 0.25) is 5.91 Å². The number of alkyl halides is 3. The molecule has 3 rings (SSSR count). The van der Waals surface area contributed by atoms with Crippen LogP contribution < -0.4 is 4.90 Å². The third kappa shape index (κ3) is 5.13. The van der Waals surface area contributed by atoms with E-state index in [2.05, 4.69) is 5.16 Å². The van der Waals surface area contributed by atoms with E-state index in [-0.39, 0.29) is 56.3 Å². The van der Waals surface area contributed by atoms with Gasteiger partial charge in [0.05, 0.1) is 23.0 Å². The lowest BCUT2D eigenvalue weighted by molar-refractivity contribution is -0.275. The van der Waals surface area contributed by atoms with E-state index < -0.39 is 24.1 Å². The molecule has 11 heteroatoms. The normalized spacial score (nSPS) is 18.0. The summed E-state index contributed by atoms with van der Waals surface area (Å²) in [6.07, 6.45) is -5.30. The summed E-state index contributed by atoms with van der Waals surface area (Å²) in [6, 6.07) is 7.86. The summed E-state index contributed by atoms with van der Waals surface area (Å²) < 4.78 is 42.7. The second kappa shape index (κ2) is 9.52. The molecule has 1 aliphatic heterocycles. The van der Waals surface area contributed by atoms with Gasteiger partial charge in [-0.3, -0.25) is 9.59 Å². The summed E-state index contributed by atoms with van der Waals surface area (Å²) in [4.78, 5) is 30.3. The molecular weight excluding hydrogens is 504 g/mol. The Morgan fingerprint density at radius 2 is 1.76 bits per heavy atom. The van der Waals surface area contributed by atoms with Crippen molar-refractivity contribution in [3.05, 3.63) is 62.6 Å². The van der Waals surface area contributed by atoms with Crippen molar-refractivity contribution in [2.75, 3.05) is 11.4 Å². The minimum absolute atomic E-state index is 0.0182. The summed E-state index contributed by atoms with van der Waals surface area (Å²) in [5, 5.41) is 3.90. The van der Waals surface area contributed by atoms with Gasteiger partial charge in [-0.2, -0.15) is 13.2 Å². The number of amides is 1. The van der Waals surface area contributed by atoms with Crippen molar-refractivity contribution in [1.82, 2.24) is 0 Å². The number of oxime groups is 1. The van der Waals surface area contributed by atoms with Gasteiger partial charge in [0.1, 0.15) is 0 Å². The monoisotopic (exact) mass is 520 g/mol. The first kappa shape index (κ1) is 25.3. The van der Waals surface area contributed by atoms with Crippen LogP contribution in [0.5, 0.6) is 0 Å². The Kier molecular flexibility index (Phi) is 7.31. The largest absolute Gasteiger partial charge is 0.435 e. The molecule has 1 heterocycles. The van der Waals surface area contributed by atoms with Crippen molar-refractivity contribution >= 4 is 57.9 Å². The van der Waals surface area contributed by atoms with E-state index in [0.717, 1.165) is 12.1 Å². The zero-order valence-electron chi connectivity index (χ0n) is 17.5. The first-order valence-corrected chi connectivity index (χ1v) is 10.9. The van der Waals surface area contributed by atoms with Gasteiger partial charge in [0.15, 0.2) is 5.78 Å². The molecule has 2 aromatic carbocycles. The first-order chi connectivity index (χ1) is 15.4. The van der Waals surface area contributed by atoms with Gasteiger partial charge in [0, 0.05) is 40.9 Å². The number of carbonyl (C=O) groups is 2. The maximum absolute atomic E-state index is 14.2. The Morgan fingerprint density at radius 1 is 1.12 bits per heavy atom. The van der Waals surface area contributed by atoms with E-state index in [1.54, 1.807) is 6.92 Å². The smallest absolute Gasteiger partial charge is 0.374 e. The molecule has 0 saturated heterocycles. The molecule has 1 aliphatic rings. The Morgan fingerprint density at radius 3 is 2.30 bits per heavy atom. The van der Waals surface area contributed by atoms with E-state index in [0.29, 0.717) is 0 Å². The van der Waals surface area contributed by atoms with Gasteiger partial charge >= 0.3 is 6.18 Å². The third-order valence-corrected chi connectivity index (χ3v) is 5.95. The highest BCUT2D eigenvalue weighted by Gasteiger charge is 2.62. The first-order valence-electron chi connectivity index (χ1n) is 9.76. The quantitative estimate of drug-likeness (QED) is 0.432. The summed E-state index contributed by atoms with van der Waals surface area (Å²) in [5.41, 5.74) is -2.67. The fraction of sp³-hybridized carbons (Fsp3) is 0.318. The Hall–Kier alpha value is -2.29. The highest BCUT2D eigenvalue weighted by atomic mass is 35.5. The lowest BCUT2D eigenvalue weighted by atomic mass is 9.86. The molecule has 0 radical (unpaired) electrons. The molecule has 0 aromatic heterocycles. The van der Waals surface area contributed by atoms with Crippen LogP contribution in [-0.4, -0.2) is 30.1 Å². The van der Waals surface area contributed by atoms with Crippen LogP contribution >= 0.6 is 34.8 Å². The fourth-order valence-electron chi connectivity index (χ4n) is 3.40. The Labute approximate surface area is 203 Å². The van der Waals surface area contributed by atoms with Gasteiger partial charge in [-0.1, -0.05) is 52.9 Å². The molecule has 1 atom stereocenters. The topological polar surface area (TPSA) is 59.0 Å². The SMILES string of the molecule is CCC(=O)CN(C(C)=O)c1cc(C2=NOC(c3cc(Cl)cc(Cl)c3)(C(F)(F)F)C2)ccc1Cl. The van der Waals surface area contributed by atoms with Crippen LogP contribution in [0.2, 0.25) is 15.1 Å². The van der Waals surface area contributed by atoms with Crippen LogP contribution in [0.1, 0.15) is 37.8 Å². The summed E-state index contributed by atoms with van der Waals surface area (Å²) >= 11 is 18.1. The zero-order valence-corrected chi connectivity index (χ0v) is 19.7. The minimum atomic E-state index is -4.85. The number of halogens is 6. The van der Waals surface area contributed by atoms with Gasteiger partial charge < -0.3 is 9.74 Å². The number of anilines is 1. The molecule has 0 N–H and O–H groups in total. The highest BCUT2D eigenvalue weighted by Crippen LogP contribution is 2.50. The second-order valence-corrected chi connectivity index (χ2v) is 8.73. The van der Waals surface area contributed by atoms with Crippen molar-refractivity contribution < 1.29 is 27.6 Å². The minimum Gasteiger partial charge on any atom is -0.374 e. The number of benzene rings is 2. The molecule has 0 fully saturated rings. The molecule has 1 amide bonds. The molecule has 0 spiro atoms. The van der Waals surface area contributed by atoms with Gasteiger partial charge in [0.25, 0.3) is 5.60 Å². The maximum Gasteiger partial charge on any atom is 0.435 e. The molecule has 0 bridgehead atoms. The summed E-state index contributed by atoms with van der Waals surface area (Å²) in [7, 11) is 0. The second-order valence-electron chi connectivity index (χ2n) is 7.45. The molecule has 1 unspecified atom stereocenters.